The van der Waals surface area contributed by atoms with Crippen molar-refractivity contribution in [2.75, 3.05) is 7.11 Å². The molecule has 5 nitrogen and oxygen atoms in total. The maximum absolute atomic E-state index is 13.4. The SMILES string of the molecule is COC(=O)[C@H](CCC#N)NC(=O)Cc1c(F)cccc1F. The minimum absolute atomic E-state index is 0.0358. The van der Waals surface area contributed by atoms with E-state index in [-0.39, 0.29) is 18.4 Å². The highest BCUT2D eigenvalue weighted by molar-refractivity contribution is 5.85. The number of ether oxygens (including phenoxy) is 1. The number of halogens is 2. The Balaban J connectivity index is 2.74. The molecular formula is C14H14F2N2O3. The maximum atomic E-state index is 13.4. The van der Waals surface area contributed by atoms with Crippen LogP contribution in [0, 0.1) is 23.0 Å². The van der Waals surface area contributed by atoms with Crippen LogP contribution in [-0.2, 0) is 20.7 Å². The molecule has 1 amide bonds. The zero-order valence-corrected chi connectivity index (χ0v) is 11.4. The third-order valence-electron chi connectivity index (χ3n) is 2.76. The summed E-state index contributed by atoms with van der Waals surface area (Å²) in [5.74, 6) is -3.12. The lowest BCUT2D eigenvalue weighted by atomic mass is 10.1. The Morgan fingerprint density at radius 3 is 2.52 bits per heavy atom. The van der Waals surface area contributed by atoms with Crippen molar-refractivity contribution in [3.05, 3.63) is 35.4 Å². The Morgan fingerprint density at radius 1 is 1.38 bits per heavy atom. The van der Waals surface area contributed by atoms with Crippen LogP contribution in [0.25, 0.3) is 0 Å². The number of rotatable bonds is 6. The van der Waals surface area contributed by atoms with Crippen LogP contribution in [0.3, 0.4) is 0 Å². The summed E-state index contributed by atoms with van der Waals surface area (Å²) in [5, 5.41) is 10.8. The number of nitrogens with zero attached hydrogens (tertiary/aromatic N) is 1. The zero-order chi connectivity index (χ0) is 15.8. The lowest BCUT2D eigenvalue weighted by molar-refractivity contribution is -0.145. The van der Waals surface area contributed by atoms with Crippen molar-refractivity contribution in [1.82, 2.24) is 5.32 Å². The van der Waals surface area contributed by atoms with Crippen molar-refractivity contribution in [3.8, 4) is 6.07 Å². The average Bonchev–Trinajstić information content (AvgIpc) is 2.46. The summed E-state index contributed by atoms with van der Waals surface area (Å²) in [6.07, 6.45) is -0.443. The molecule has 0 saturated carbocycles. The van der Waals surface area contributed by atoms with Crippen LogP contribution in [0.4, 0.5) is 8.78 Å². The molecule has 0 aromatic heterocycles. The second kappa shape index (κ2) is 7.94. The Bertz CT molecular complexity index is 550. The van der Waals surface area contributed by atoms with Crippen LogP contribution >= 0.6 is 0 Å². The fraction of sp³-hybridized carbons (Fsp3) is 0.357. The first-order chi connectivity index (χ1) is 9.99. The second-order valence-electron chi connectivity index (χ2n) is 4.22. The first kappa shape index (κ1) is 16.6. The first-order valence-electron chi connectivity index (χ1n) is 6.16. The van der Waals surface area contributed by atoms with E-state index in [0.29, 0.717) is 0 Å². The van der Waals surface area contributed by atoms with Crippen LogP contribution in [-0.4, -0.2) is 25.0 Å². The molecule has 0 aliphatic carbocycles. The van der Waals surface area contributed by atoms with Gasteiger partial charge >= 0.3 is 5.97 Å². The van der Waals surface area contributed by atoms with Gasteiger partial charge in [-0.15, -0.1) is 0 Å². The molecule has 0 bridgehead atoms. The molecule has 0 spiro atoms. The van der Waals surface area contributed by atoms with E-state index in [1.54, 1.807) is 0 Å². The number of hydrogen-bond donors (Lipinski definition) is 1. The number of carbonyl (C=O) groups is 2. The number of benzene rings is 1. The highest BCUT2D eigenvalue weighted by Crippen LogP contribution is 2.13. The van der Waals surface area contributed by atoms with Crippen molar-refractivity contribution >= 4 is 11.9 Å². The molecule has 0 unspecified atom stereocenters. The van der Waals surface area contributed by atoms with E-state index in [9.17, 15) is 18.4 Å². The van der Waals surface area contributed by atoms with Crippen LogP contribution in [0.15, 0.2) is 18.2 Å². The standard InChI is InChI=1S/C14H14F2N2O3/c1-21-14(20)12(6-3-7-17)18-13(19)8-9-10(15)4-2-5-11(9)16/h2,4-5,12H,3,6,8H2,1H3,(H,18,19)/t12-/m0/s1. The molecule has 21 heavy (non-hydrogen) atoms. The van der Waals surface area contributed by atoms with Crippen molar-refractivity contribution in [2.24, 2.45) is 0 Å². The number of hydrogen-bond acceptors (Lipinski definition) is 4. The van der Waals surface area contributed by atoms with Gasteiger partial charge in [0.25, 0.3) is 0 Å². The van der Waals surface area contributed by atoms with Crippen LogP contribution < -0.4 is 5.32 Å². The Morgan fingerprint density at radius 2 is 2.00 bits per heavy atom. The van der Waals surface area contributed by atoms with E-state index in [0.717, 1.165) is 19.2 Å². The number of nitrogens with one attached hydrogen (secondary N) is 1. The minimum Gasteiger partial charge on any atom is -0.467 e. The Kier molecular flexibility index (Phi) is 6.27. The quantitative estimate of drug-likeness (QED) is 0.806. The monoisotopic (exact) mass is 296 g/mol. The number of amides is 1. The van der Waals surface area contributed by atoms with Gasteiger partial charge in [-0.25, -0.2) is 13.6 Å². The van der Waals surface area contributed by atoms with Gasteiger partial charge in [-0.2, -0.15) is 5.26 Å². The fourth-order valence-electron chi connectivity index (χ4n) is 1.71. The van der Waals surface area contributed by atoms with Gasteiger partial charge in [-0.05, 0) is 18.6 Å². The summed E-state index contributed by atoms with van der Waals surface area (Å²) in [6, 6.07) is 4.09. The topological polar surface area (TPSA) is 79.2 Å². The second-order valence-corrected chi connectivity index (χ2v) is 4.22. The summed E-state index contributed by atoms with van der Waals surface area (Å²) in [5.41, 5.74) is -0.376. The van der Waals surface area contributed by atoms with Crippen LogP contribution in [0.5, 0.6) is 0 Å². The van der Waals surface area contributed by atoms with E-state index in [4.69, 9.17) is 5.26 Å². The lowest BCUT2D eigenvalue weighted by Gasteiger charge is -2.15. The number of carbonyl (C=O) groups excluding carboxylic acids is 2. The van der Waals surface area contributed by atoms with Crippen molar-refractivity contribution < 1.29 is 23.1 Å². The molecule has 1 atom stereocenters. The smallest absolute Gasteiger partial charge is 0.328 e. The molecule has 1 rings (SSSR count). The van der Waals surface area contributed by atoms with E-state index >= 15 is 0 Å². The predicted molar refractivity (Wildman–Crippen MR) is 68.9 cm³/mol. The highest BCUT2D eigenvalue weighted by atomic mass is 19.1. The summed E-state index contributed by atoms with van der Waals surface area (Å²) in [6.45, 7) is 0. The third-order valence-corrected chi connectivity index (χ3v) is 2.76. The average molecular weight is 296 g/mol. The van der Waals surface area contributed by atoms with Gasteiger partial charge in [0.05, 0.1) is 19.6 Å². The van der Waals surface area contributed by atoms with Gasteiger partial charge in [0.15, 0.2) is 0 Å². The number of nitriles is 1. The first-order valence-corrected chi connectivity index (χ1v) is 6.16. The summed E-state index contributed by atoms with van der Waals surface area (Å²) in [7, 11) is 1.14. The van der Waals surface area contributed by atoms with Crippen LogP contribution in [0.1, 0.15) is 18.4 Å². The fourth-order valence-corrected chi connectivity index (χ4v) is 1.71. The molecule has 0 saturated heterocycles. The number of methoxy groups -OCH3 is 1. The molecular weight excluding hydrogens is 282 g/mol. The molecule has 0 radical (unpaired) electrons. The Hall–Kier alpha value is -2.49. The zero-order valence-electron chi connectivity index (χ0n) is 11.4. The van der Waals surface area contributed by atoms with E-state index in [1.807, 2.05) is 6.07 Å². The molecule has 0 fully saturated rings. The maximum Gasteiger partial charge on any atom is 0.328 e. The molecule has 1 N–H and O–H groups in total. The van der Waals surface area contributed by atoms with Gasteiger partial charge < -0.3 is 10.1 Å². The number of esters is 1. The van der Waals surface area contributed by atoms with Crippen molar-refractivity contribution in [3.63, 3.8) is 0 Å². The van der Waals surface area contributed by atoms with Gasteiger partial charge in [-0.3, -0.25) is 4.79 Å². The summed E-state index contributed by atoms with van der Waals surface area (Å²) in [4.78, 5) is 23.2. The molecule has 1 aromatic carbocycles. The molecule has 0 heterocycles. The van der Waals surface area contributed by atoms with E-state index < -0.39 is 36.0 Å². The van der Waals surface area contributed by atoms with Gasteiger partial charge in [0.2, 0.25) is 5.91 Å². The Labute approximate surface area is 120 Å². The van der Waals surface area contributed by atoms with Gasteiger partial charge in [0.1, 0.15) is 17.7 Å². The summed E-state index contributed by atoms with van der Waals surface area (Å²) < 4.78 is 31.3. The summed E-state index contributed by atoms with van der Waals surface area (Å²) >= 11 is 0. The van der Waals surface area contributed by atoms with E-state index in [2.05, 4.69) is 10.1 Å². The van der Waals surface area contributed by atoms with E-state index in [1.165, 1.54) is 6.07 Å². The molecule has 1 aromatic rings. The predicted octanol–water partition coefficient (Wildman–Crippen LogP) is 1.47. The van der Waals surface area contributed by atoms with Gasteiger partial charge in [0, 0.05) is 12.0 Å². The molecule has 7 heteroatoms. The van der Waals surface area contributed by atoms with Crippen LogP contribution in [0.2, 0.25) is 0 Å². The normalized spacial score (nSPS) is 11.3. The molecule has 0 aliphatic rings. The highest BCUT2D eigenvalue weighted by Gasteiger charge is 2.22. The molecule has 0 aliphatic heterocycles. The molecule has 112 valence electrons. The largest absolute Gasteiger partial charge is 0.467 e. The van der Waals surface area contributed by atoms with Crippen molar-refractivity contribution in [1.29, 1.82) is 5.26 Å². The van der Waals surface area contributed by atoms with Gasteiger partial charge in [-0.1, -0.05) is 6.07 Å². The minimum atomic E-state index is -1.02. The third kappa shape index (κ3) is 4.84. The lowest BCUT2D eigenvalue weighted by Crippen LogP contribution is -2.42. The van der Waals surface area contributed by atoms with Crippen molar-refractivity contribution in [2.45, 2.75) is 25.3 Å².